The van der Waals surface area contributed by atoms with Crippen molar-refractivity contribution in [2.24, 2.45) is 0 Å². The Morgan fingerprint density at radius 3 is 2.60 bits per heavy atom. The molecule has 0 saturated heterocycles. The second-order valence-corrected chi connectivity index (χ2v) is 7.18. The lowest BCUT2D eigenvalue weighted by Gasteiger charge is -2.28. The second kappa shape index (κ2) is 8.69. The smallest absolute Gasteiger partial charge is 0.332 e. The Balaban J connectivity index is 1.86. The largest absolute Gasteiger partial charge is 0.416 e. The predicted octanol–water partition coefficient (Wildman–Crippen LogP) is 4.31. The van der Waals surface area contributed by atoms with Crippen molar-refractivity contribution in [3.63, 3.8) is 0 Å². The van der Waals surface area contributed by atoms with Gasteiger partial charge in [-0.2, -0.15) is 13.2 Å². The van der Waals surface area contributed by atoms with E-state index in [9.17, 15) is 22.8 Å². The van der Waals surface area contributed by atoms with Crippen molar-refractivity contribution in [2.75, 3.05) is 0 Å². The zero-order valence-corrected chi connectivity index (χ0v) is 16.7. The van der Waals surface area contributed by atoms with Gasteiger partial charge in [0.05, 0.1) is 29.4 Å². The average Bonchev–Trinajstić information content (AvgIpc) is 2.71. The average molecular weight is 417 g/mol. The Labute approximate surface area is 171 Å². The van der Waals surface area contributed by atoms with Gasteiger partial charge >= 0.3 is 6.18 Å². The highest BCUT2D eigenvalue weighted by atomic mass is 19.4. The van der Waals surface area contributed by atoms with E-state index in [0.717, 1.165) is 12.1 Å². The van der Waals surface area contributed by atoms with Gasteiger partial charge in [-0.25, -0.2) is 4.98 Å². The second-order valence-electron chi connectivity index (χ2n) is 7.18. The van der Waals surface area contributed by atoms with Gasteiger partial charge in [-0.15, -0.1) is 0 Å². The van der Waals surface area contributed by atoms with Crippen molar-refractivity contribution in [2.45, 2.75) is 45.5 Å². The van der Waals surface area contributed by atoms with E-state index < -0.39 is 11.7 Å². The molecule has 158 valence electrons. The first-order valence-electron chi connectivity index (χ1n) is 9.62. The number of amides is 1. The minimum Gasteiger partial charge on any atom is -0.332 e. The van der Waals surface area contributed by atoms with Crippen molar-refractivity contribution in [3.05, 3.63) is 75.8 Å². The molecule has 0 radical (unpaired) electrons. The Bertz CT molecular complexity index is 1110. The van der Waals surface area contributed by atoms with E-state index in [1.807, 2.05) is 13.8 Å². The van der Waals surface area contributed by atoms with Crippen LogP contribution in [0.3, 0.4) is 0 Å². The third-order valence-corrected chi connectivity index (χ3v) is 5.03. The molecule has 0 spiro atoms. The SMILES string of the molecule is CCC(C)N(Cc1nc2ccccc2c(=O)[nH]1)C(=O)Cc1cccc(C(F)(F)F)c1. The van der Waals surface area contributed by atoms with Gasteiger partial charge in [0.1, 0.15) is 5.82 Å². The summed E-state index contributed by atoms with van der Waals surface area (Å²) in [6.45, 7) is 3.82. The summed E-state index contributed by atoms with van der Waals surface area (Å²) < 4.78 is 38.9. The third-order valence-electron chi connectivity index (χ3n) is 5.03. The van der Waals surface area contributed by atoms with Crippen LogP contribution < -0.4 is 5.56 Å². The van der Waals surface area contributed by atoms with Crippen LogP contribution >= 0.6 is 0 Å². The molecule has 5 nitrogen and oxygen atoms in total. The number of hydrogen-bond acceptors (Lipinski definition) is 3. The van der Waals surface area contributed by atoms with Gasteiger partial charge in [0, 0.05) is 6.04 Å². The van der Waals surface area contributed by atoms with E-state index in [4.69, 9.17) is 0 Å². The van der Waals surface area contributed by atoms with E-state index >= 15 is 0 Å². The minimum absolute atomic E-state index is 0.0624. The van der Waals surface area contributed by atoms with Gasteiger partial charge in [0.15, 0.2) is 0 Å². The van der Waals surface area contributed by atoms with Gasteiger partial charge in [0.25, 0.3) is 5.56 Å². The fourth-order valence-corrected chi connectivity index (χ4v) is 3.22. The summed E-state index contributed by atoms with van der Waals surface area (Å²) in [7, 11) is 0. The minimum atomic E-state index is -4.47. The summed E-state index contributed by atoms with van der Waals surface area (Å²) in [4.78, 5) is 33.9. The lowest BCUT2D eigenvalue weighted by atomic mass is 10.1. The van der Waals surface area contributed by atoms with Crippen LogP contribution in [0.25, 0.3) is 10.9 Å². The maximum absolute atomic E-state index is 13.0. The normalized spacial score (nSPS) is 12.7. The molecule has 1 N–H and O–H groups in total. The molecule has 0 aliphatic heterocycles. The third kappa shape index (κ3) is 4.87. The van der Waals surface area contributed by atoms with Crippen LogP contribution in [-0.4, -0.2) is 26.8 Å². The number of nitrogens with one attached hydrogen (secondary N) is 1. The molecule has 0 fully saturated rings. The van der Waals surface area contributed by atoms with Crippen molar-refractivity contribution in [1.29, 1.82) is 0 Å². The van der Waals surface area contributed by atoms with Gasteiger partial charge in [0.2, 0.25) is 5.91 Å². The van der Waals surface area contributed by atoms with Crippen LogP contribution in [0.5, 0.6) is 0 Å². The summed E-state index contributed by atoms with van der Waals surface area (Å²) in [5, 5.41) is 0.451. The zero-order chi connectivity index (χ0) is 21.9. The van der Waals surface area contributed by atoms with Gasteiger partial charge < -0.3 is 9.88 Å². The van der Waals surface area contributed by atoms with E-state index in [1.54, 1.807) is 24.3 Å². The highest BCUT2D eigenvalue weighted by Gasteiger charge is 2.30. The molecule has 3 aromatic rings. The number of nitrogens with zero attached hydrogens (tertiary/aromatic N) is 2. The molecule has 1 heterocycles. The molecule has 1 aromatic heterocycles. The molecule has 1 amide bonds. The molecule has 3 rings (SSSR count). The van der Waals surface area contributed by atoms with Crippen LogP contribution in [0.1, 0.15) is 37.2 Å². The topological polar surface area (TPSA) is 66.1 Å². The molecule has 0 bridgehead atoms. The number of para-hydroxylation sites is 1. The van der Waals surface area contributed by atoms with Crippen molar-refractivity contribution in [1.82, 2.24) is 14.9 Å². The first-order valence-corrected chi connectivity index (χ1v) is 9.62. The van der Waals surface area contributed by atoms with Gasteiger partial charge in [-0.1, -0.05) is 37.3 Å². The standard InChI is InChI=1S/C22H22F3N3O2/c1-3-14(2)28(13-19-26-18-10-5-4-9-17(18)21(30)27-19)20(29)12-15-7-6-8-16(11-15)22(23,24)25/h4-11,14H,3,12-13H2,1-2H3,(H,26,27,30). The van der Waals surface area contributed by atoms with E-state index in [1.165, 1.54) is 17.0 Å². The quantitative estimate of drug-likeness (QED) is 0.650. The number of halogens is 3. The van der Waals surface area contributed by atoms with E-state index in [2.05, 4.69) is 9.97 Å². The molecule has 1 atom stereocenters. The number of alkyl halides is 3. The molecule has 0 saturated carbocycles. The van der Waals surface area contributed by atoms with Crippen LogP contribution in [0.15, 0.2) is 53.3 Å². The Kier molecular flexibility index (Phi) is 6.24. The molecule has 30 heavy (non-hydrogen) atoms. The molecular formula is C22H22F3N3O2. The van der Waals surface area contributed by atoms with Crippen molar-refractivity contribution in [3.8, 4) is 0 Å². The molecule has 0 aliphatic carbocycles. The lowest BCUT2D eigenvalue weighted by molar-refractivity contribution is -0.138. The monoisotopic (exact) mass is 417 g/mol. The van der Waals surface area contributed by atoms with Crippen molar-refractivity contribution < 1.29 is 18.0 Å². The first kappa shape index (κ1) is 21.5. The van der Waals surface area contributed by atoms with E-state index in [0.29, 0.717) is 23.1 Å². The summed E-state index contributed by atoms with van der Waals surface area (Å²) >= 11 is 0. The fraction of sp³-hybridized carbons (Fsp3) is 0.318. The maximum Gasteiger partial charge on any atom is 0.416 e. The molecular weight excluding hydrogens is 395 g/mol. The number of carbonyl (C=O) groups is 1. The number of aromatic amines is 1. The maximum atomic E-state index is 13.0. The number of aromatic nitrogens is 2. The highest BCUT2D eigenvalue weighted by molar-refractivity contribution is 5.79. The van der Waals surface area contributed by atoms with Crippen molar-refractivity contribution >= 4 is 16.8 Å². The van der Waals surface area contributed by atoms with Crippen LogP contribution in [0.2, 0.25) is 0 Å². The number of H-pyrrole nitrogens is 1. The number of hydrogen-bond donors (Lipinski definition) is 1. The van der Waals surface area contributed by atoms with Crippen LogP contribution in [-0.2, 0) is 23.9 Å². The van der Waals surface area contributed by atoms with Crippen LogP contribution in [0, 0.1) is 0 Å². The Morgan fingerprint density at radius 1 is 1.17 bits per heavy atom. The van der Waals surface area contributed by atoms with Gasteiger partial charge in [-0.05, 0) is 37.1 Å². The highest BCUT2D eigenvalue weighted by Crippen LogP contribution is 2.29. The molecule has 8 heteroatoms. The Morgan fingerprint density at radius 2 is 1.90 bits per heavy atom. The van der Waals surface area contributed by atoms with E-state index in [-0.39, 0.29) is 36.0 Å². The molecule has 0 aliphatic rings. The summed E-state index contributed by atoms with van der Waals surface area (Å²) in [5.74, 6) is -0.00382. The summed E-state index contributed by atoms with van der Waals surface area (Å²) in [6, 6.07) is 11.5. The molecule has 1 unspecified atom stereocenters. The zero-order valence-electron chi connectivity index (χ0n) is 16.7. The number of fused-ring (bicyclic) bond motifs is 1. The number of benzene rings is 2. The number of carbonyl (C=O) groups excluding carboxylic acids is 1. The lowest BCUT2D eigenvalue weighted by Crippen LogP contribution is -2.39. The Hall–Kier alpha value is -3.16. The first-order chi connectivity index (χ1) is 14.2. The fourth-order valence-electron chi connectivity index (χ4n) is 3.22. The predicted molar refractivity (Wildman–Crippen MR) is 108 cm³/mol. The molecule has 2 aromatic carbocycles. The van der Waals surface area contributed by atoms with Gasteiger partial charge in [-0.3, -0.25) is 9.59 Å². The summed E-state index contributed by atoms with van der Waals surface area (Å²) in [5.41, 5.74) is -0.290. The summed E-state index contributed by atoms with van der Waals surface area (Å²) in [6.07, 6.45) is -4.00. The number of rotatable bonds is 6. The van der Waals surface area contributed by atoms with Crippen LogP contribution in [0.4, 0.5) is 13.2 Å².